The van der Waals surface area contributed by atoms with E-state index in [1.54, 1.807) is 0 Å². The van der Waals surface area contributed by atoms with Gasteiger partial charge in [-0.3, -0.25) is 4.79 Å². The van der Waals surface area contributed by atoms with Gasteiger partial charge in [-0.15, -0.1) is 5.10 Å². The van der Waals surface area contributed by atoms with E-state index in [0.29, 0.717) is 6.54 Å². The summed E-state index contributed by atoms with van der Waals surface area (Å²) in [6, 6.07) is 0.163. The van der Waals surface area contributed by atoms with Crippen molar-refractivity contribution in [1.82, 2.24) is 19.9 Å². The number of carboxylic acids is 1. The highest BCUT2D eigenvalue weighted by molar-refractivity contribution is 5.84. The van der Waals surface area contributed by atoms with Gasteiger partial charge in [0.1, 0.15) is 6.54 Å². The van der Waals surface area contributed by atoms with Crippen molar-refractivity contribution in [3.8, 4) is 0 Å². The molecular weight excluding hydrogens is 260 g/mol. The summed E-state index contributed by atoms with van der Waals surface area (Å²) < 4.78 is 1.27. The van der Waals surface area contributed by atoms with Gasteiger partial charge < -0.3 is 10.0 Å². The van der Waals surface area contributed by atoms with Crippen molar-refractivity contribution >= 4 is 11.9 Å². The molecule has 0 bridgehead atoms. The van der Waals surface area contributed by atoms with Crippen LogP contribution in [0.2, 0.25) is 0 Å². The van der Waals surface area contributed by atoms with Gasteiger partial charge in [0.15, 0.2) is 5.69 Å². The van der Waals surface area contributed by atoms with E-state index in [1.807, 2.05) is 18.7 Å². The Morgan fingerprint density at radius 1 is 1.45 bits per heavy atom. The summed E-state index contributed by atoms with van der Waals surface area (Å²) in [5.74, 6) is -1.21. The van der Waals surface area contributed by atoms with Gasteiger partial charge in [0, 0.05) is 12.6 Å². The summed E-state index contributed by atoms with van der Waals surface area (Å²) in [6.45, 7) is 6.86. The minimum Gasteiger partial charge on any atom is -0.476 e. The Balaban J connectivity index is 2.71. The van der Waals surface area contributed by atoms with Gasteiger partial charge in [-0.1, -0.05) is 25.5 Å². The van der Waals surface area contributed by atoms with E-state index in [2.05, 4.69) is 17.2 Å². The molecule has 112 valence electrons. The quantitative estimate of drug-likeness (QED) is 0.778. The van der Waals surface area contributed by atoms with Crippen LogP contribution < -0.4 is 0 Å². The molecule has 1 amide bonds. The molecule has 0 saturated carbocycles. The summed E-state index contributed by atoms with van der Waals surface area (Å²) in [7, 11) is 0. The number of hydrogen-bond acceptors (Lipinski definition) is 4. The van der Waals surface area contributed by atoms with Gasteiger partial charge in [0.05, 0.1) is 6.20 Å². The van der Waals surface area contributed by atoms with Crippen LogP contribution >= 0.6 is 0 Å². The SMILES string of the molecule is CCCCN(C(=O)Cn1cc(C(=O)O)nn1)C(C)CC. The van der Waals surface area contributed by atoms with Gasteiger partial charge in [-0.05, 0) is 19.8 Å². The van der Waals surface area contributed by atoms with E-state index in [9.17, 15) is 9.59 Å². The van der Waals surface area contributed by atoms with Crippen LogP contribution in [0, 0.1) is 0 Å². The molecule has 7 heteroatoms. The molecule has 0 aliphatic heterocycles. The van der Waals surface area contributed by atoms with Crippen molar-refractivity contribution in [2.45, 2.75) is 52.6 Å². The molecule has 0 saturated heterocycles. The molecule has 0 radical (unpaired) electrons. The molecule has 1 aromatic heterocycles. The van der Waals surface area contributed by atoms with Crippen LogP contribution in [0.15, 0.2) is 6.20 Å². The lowest BCUT2D eigenvalue weighted by Crippen LogP contribution is -2.41. The number of carbonyl (C=O) groups excluding carboxylic acids is 1. The van der Waals surface area contributed by atoms with Gasteiger partial charge in [0.2, 0.25) is 5.91 Å². The maximum Gasteiger partial charge on any atom is 0.358 e. The van der Waals surface area contributed by atoms with Crippen LogP contribution in [-0.2, 0) is 11.3 Å². The first kappa shape index (κ1) is 16.1. The monoisotopic (exact) mass is 282 g/mol. The molecule has 0 aliphatic carbocycles. The van der Waals surface area contributed by atoms with Gasteiger partial charge in [0.25, 0.3) is 0 Å². The Bertz CT molecular complexity index is 458. The first-order valence-electron chi connectivity index (χ1n) is 6.92. The highest BCUT2D eigenvalue weighted by Crippen LogP contribution is 2.07. The normalized spacial score (nSPS) is 12.2. The second kappa shape index (κ2) is 7.62. The number of unbranched alkanes of at least 4 members (excludes halogenated alkanes) is 1. The fourth-order valence-corrected chi connectivity index (χ4v) is 1.84. The summed E-state index contributed by atoms with van der Waals surface area (Å²) >= 11 is 0. The van der Waals surface area contributed by atoms with Crippen LogP contribution in [-0.4, -0.2) is 49.5 Å². The Morgan fingerprint density at radius 2 is 2.15 bits per heavy atom. The van der Waals surface area contributed by atoms with Crippen LogP contribution in [0.25, 0.3) is 0 Å². The molecule has 1 atom stereocenters. The van der Waals surface area contributed by atoms with Gasteiger partial charge >= 0.3 is 5.97 Å². The van der Waals surface area contributed by atoms with Crippen molar-refractivity contribution in [3.05, 3.63) is 11.9 Å². The maximum atomic E-state index is 12.3. The average Bonchev–Trinajstić information content (AvgIpc) is 2.87. The molecule has 1 N–H and O–H groups in total. The third kappa shape index (κ3) is 4.32. The number of amides is 1. The lowest BCUT2D eigenvalue weighted by Gasteiger charge is -2.28. The molecule has 0 fully saturated rings. The topological polar surface area (TPSA) is 88.3 Å². The summed E-state index contributed by atoms with van der Waals surface area (Å²) in [6.07, 6.45) is 4.13. The zero-order valence-electron chi connectivity index (χ0n) is 12.2. The lowest BCUT2D eigenvalue weighted by atomic mass is 10.2. The van der Waals surface area contributed by atoms with E-state index in [1.165, 1.54) is 10.9 Å². The first-order chi connectivity index (χ1) is 9.49. The van der Waals surface area contributed by atoms with Crippen molar-refractivity contribution in [2.24, 2.45) is 0 Å². The minimum atomic E-state index is -1.14. The largest absolute Gasteiger partial charge is 0.476 e. The van der Waals surface area contributed by atoms with E-state index in [0.717, 1.165) is 19.3 Å². The summed E-state index contributed by atoms with van der Waals surface area (Å²) in [5.41, 5.74) is -0.151. The predicted molar refractivity (Wildman–Crippen MR) is 73.4 cm³/mol. The van der Waals surface area contributed by atoms with Crippen molar-refractivity contribution < 1.29 is 14.7 Å². The van der Waals surface area contributed by atoms with Crippen molar-refractivity contribution in [2.75, 3.05) is 6.54 Å². The number of aromatic carboxylic acids is 1. The van der Waals surface area contributed by atoms with Crippen molar-refractivity contribution in [1.29, 1.82) is 0 Å². The van der Waals surface area contributed by atoms with Gasteiger partial charge in [-0.25, -0.2) is 9.48 Å². The standard InChI is InChI=1S/C13H22N4O3/c1-4-6-7-17(10(3)5-2)12(18)9-16-8-11(13(19)20)14-15-16/h8,10H,4-7,9H2,1-3H3,(H,19,20). The molecule has 0 aliphatic rings. The highest BCUT2D eigenvalue weighted by atomic mass is 16.4. The maximum absolute atomic E-state index is 12.3. The number of rotatable bonds is 8. The molecule has 1 unspecified atom stereocenters. The number of nitrogens with zero attached hydrogens (tertiary/aromatic N) is 4. The molecule has 0 aromatic carbocycles. The summed E-state index contributed by atoms with van der Waals surface area (Å²) in [5, 5.41) is 15.9. The lowest BCUT2D eigenvalue weighted by molar-refractivity contribution is -0.134. The molecule has 1 heterocycles. The predicted octanol–water partition coefficient (Wildman–Crippen LogP) is 1.40. The Morgan fingerprint density at radius 3 is 2.65 bits per heavy atom. The molecular formula is C13H22N4O3. The second-order valence-corrected chi connectivity index (χ2v) is 4.80. The first-order valence-corrected chi connectivity index (χ1v) is 6.92. The summed E-state index contributed by atoms with van der Waals surface area (Å²) in [4.78, 5) is 24.8. The molecule has 20 heavy (non-hydrogen) atoms. The third-order valence-electron chi connectivity index (χ3n) is 3.25. The fraction of sp³-hybridized carbons (Fsp3) is 0.692. The highest BCUT2D eigenvalue weighted by Gasteiger charge is 2.19. The van der Waals surface area contributed by atoms with Crippen molar-refractivity contribution in [3.63, 3.8) is 0 Å². The molecule has 1 aromatic rings. The Kier molecular flexibility index (Phi) is 6.14. The minimum absolute atomic E-state index is 0.0222. The number of carbonyl (C=O) groups is 2. The Hall–Kier alpha value is -1.92. The number of carboxylic acid groups (broad SMARTS) is 1. The smallest absolute Gasteiger partial charge is 0.358 e. The molecule has 0 spiro atoms. The third-order valence-corrected chi connectivity index (χ3v) is 3.25. The zero-order valence-corrected chi connectivity index (χ0v) is 12.2. The number of aromatic nitrogens is 3. The van der Waals surface area contributed by atoms with E-state index >= 15 is 0 Å². The molecule has 1 rings (SSSR count). The Labute approximate surface area is 118 Å². The average molecular weight is 282 g/mol. The van der Waals surface area contributed by atoms with E-state index < -0.39 is 5.97 Å². The van der Waals surface area contributed by atoms with Crippen LogP contribution in [0.3, 0.4) is 0 Å². The van der Waals surface area contributed by atoms with E-state index in [4.69, 9.17) is 5.11 Å². The van der Waals surface area contributed by atoms with Crippen LogP contribution in [0.5, 0.6) is 0 Å². The van der Waals surface area contributed by atoms with Gasteiger partial charge in [-0.2, -0.15) is 0 Å². The van der Waals surface area contributed by atoms with E-state index in [-0.39, 0.29) is 24.2 Å². The zero-order chi connectivity index (χ0) is 15.1. The number of hydrogen-bond donors (Lipinski definition) is 1. The second-order valence-electron chi connectivity index (χ2n) is 4.80. The molecule has 7 nitrogen and oxygen atoms in total. The van der Waals surface area contributed by atoms with Crippen LogP contribution in [0.1, 0.15) is 50.5 Å². The van der Waals surface area contributed by atoms with Crippen LogP contribution in [0.4, 0.5) is 0 Å². The fourth-order valence-electron chi connectivity index (χ4n) is 1.84.